The van der Waals surface area contributed by atoms with Gasteiger partial charge in [-0.25, -0.2) is 0 Å². The minimum atomic E-state index is -4.16. The van der Waals surface area contributed by atoms with Crippen LogP contribution in [0.1, 0.15) is 5.56 Å². The smallest absolute Gasteiger partial charge is 0.318 e. The van der Waals surface area contributed by atoms with Gasteiger partial charge in [-0.1, -0.05) is 12.1 Å². The molecule has 0 fully saturated rings. The molecular formula is C13H19F3N2S. The highest BCUT2D eigenvalue weighted by atomic mass is 32.2. The maximum Gasteiger partial charge on any atom is 0.401 e. The van der Waals surface area contributed by atoms with Gasteiger partial charge >= 0.3 is 6.18 Å². The van der Waals surface area contributed by atoms with Crippen LogP contribution < -0.4 is 5.32 Å². The van der Waals surface area contributed by atoms with Crippen molar-refractivity contribution < 1.29 is 13.2 Å². The second-order valence-electron chi connectivity index (χ2n) is 4.28. The van der Waals surface area contributed by atoms with E-state index in [4.69, 9.17) is 0 Å². The van der Waals surface area contributed by atoms with Crippen LogP contribution >= 0.6 is 11.8 Å². The molecule has 0 bridgehead atoms. The summed E-state index contributed by atoms with van der Waals surface area (Å²) in [6.07, 6.45) is -2.19. The van der Waals surface area contributed by atoms with Gasteiger partial charge in [0.05, 0.1) is 6.54 Å². The fourth-order valence-corrected chi connectivity index (χ4v) is 2.13. The molecule has 108 valence electrons. The SMILES string of the molecule is CNCCN(Cc1ccc(SC)cc1)CC(F)(F)F. The van der Waals surface area contributed by atoms with Crippen LogP contribution in [0.3, 0.4) is 0 Å². The third-order valence-corrected chi connectivity index (χ3v) is 3.39. The molecule has 1 aromatic carbocycles. The molecule has 0 amide bonds. The van der Waals surface area contributed by atoms with Crippen LogP contribution in [0.15, 0.2) is 29.2 Å². The van der Waals surface area contributed by atoms with Gasteiger partial charge in [0.2, 0.25) is 0 Å². The normalized spacial score (nSPS) is 12.1. The first-order valence-electron chi connectivity index (χ1n) is 6.01. The van der Waals surface area contributed by atoms with E-state index in [0.29, 0.717) is 19.6 Å². The van der Waals surface area contributed by atoms with Crippen molar-refractivity contribution in [1.29, 1.82) is 0 Å². The van der Waals surface area contributed by atoms with Gasteiger partial charge in [0.25, 0.3) is 0 Å². The summed E-state index contributed by atoms with van der Waals surface area (Å²) in [7, 11) is 1.74. The fraction of sp³-hybridized carbons (Fsp3) is 0.538. The number of rotatable bonds is 7. The Morgan fingerprint density at radius 1 is 1.21 bits per heavy atom. The molecule has 0 atom stereocenters. The Balaban J connectivity index is 2.63. The number of hydrogen-bond donors (Lipinski definition) is 1. The zero-order valence-corrected chi connectivity index (χ0v) is 11.9. The van der Waals surface area contributed by atoms with Crippen LogP contribution in [0.5, 0.6) is 0 Å². The lowest BCUT2D eigenvalue weighted by Gasteiger charge is -2.23. The molecule has 1 rings (SSSR count). The van der Waals surface area contributed by atoms with E-state index in [-0.39, 0.29) is 0 Å². The van der Waals surface area contributed by atoms with Crippen LogP contribution in [0.4, 0.5) is 13.2 Å². The maximum absolute atomic E-state index is 12.5. The average molecular weight is 292 g/mol. The largest absolute Gasteiger partial charge is 0.401 e. The Morgan fingerprint density at radius 3 is 2.32 bits per heavy atom. The molecule has 0 aliphatic rings. The third-order valence-electron chi connectivity index (χ3n) is 2.65. The Hall–Kier alpha value is -0.720. The monoisotopic (exact) mass is 292 g/mol. The molecule has 2 nitrogen and oxygen atoms in total. The fourth-order valence-electron chi connectivity index (χ4n) is 1.73. The molecule has 19 heavy (non-hydrogen) atoms. The molecule has 1 N–H and O–H groups in total. The summed E-state index contributed by atoms with van der Waals surface area (Å²) in [4.78, 5) is 2.52. The van der Waals surface area contributed by atoms with E-state index in [0.717, 1.165) is 10.5 Å². The second-order valence-corrected chi connectivity index (χ2v) is 5.16. The van der Waals surface area contributed by atoms with Crippen LogP contribution in [0, 0.1) is 0 Å². The first-order valence-corrected chi connectivity index (χ1v) is 7.23. The van der Waals surface area contributed by atoms with Crippen molar-refractivity contribution in [3.63, 3.8) is 0 Å². The van der Waals surface area contributed by atoms with Crippen LogP contribution in [-0.2, 0) is 6.54 Å². The second kappa shape index (κ2) is 7.77. The van der Waals surface area contributed by atoms with Gasteiger partial charge in [-0.2, -0.15) is 13.2 Å². The van der Waals surface area contributed by atoms with Crippen molar-refractivity contribution in [3.05, 3.63) is 29.8 Å². The molecule has 0 aliphatic heterocycles. The zero-order valence-electron chi connectivity index (χ0n) is 11.1. The number of nitrogens with one attached hydrogen (secondary N) is 1. The van der Waals surface area contributed by atoms with Crippen LogP contribution in [-0.4, -0.2) is 44.0 Å². The van der Waals surface area contributed by atoms with Gasteiger partial charge < -0.3 is 5.32 Å². The Labute approximate surface area is 116 Å². The molecule has 0 saturated heterocycles. The molecule has 1 aromatic rings. The van der Waals surface area contributed by atoms with Crippen LogP contribution in [0.2, 0.25) is 0 Å². The van der Waals surface area contributed by atoms with E-state index >= 15 is 0 Å². The number of likely N-dealkylation sites (N-methyl/N-ethyl adjacent to an activating group) is 1. The predicted molar refractivity (Wildman–Crippen MR) is 73.5 cm³/mol. The Morgan fingerprint density at radius 2 is 1.84 bits per heavy atom. The average Bonchev–Trinajstić information content (AvgIpc) is 2.35. The molecule has 0 radical (unpaired) electrons. The van der Waals surface area contributed by atoms with Gasteiger partial charge in [-0.15, -0.1) is 11.8 Å². The molecule has 0 aromatic heterocycles. The number of benzene rings is 1. The lowest BCUT2D eigenvalue weighted by molar-refractivity contribution is -0.146. The molecule has 0 saturated carbocycles. The number of halogens is 3. The molecule has 0 unspecified atom stereocenters. The van der Waals surface area contributed by atoms with Crippen molar-refractivity contribution in [1.82, 2.24) is 10.2 Å². The number of thioether (sulfide) groups is 1. The summed E-state index contributed by atoms with van der Waals surface area (Å²) >= 11 is 1.62. The van der Waals surface area contributed by atoms with Crippen molar-refractivity contribution >= 4 is 11.8 Å². The Kier molecular flexibility index (Phi) is 6.68. The van der Waals surface area contributed by atoms with Gasteiger partial charge in [-0.3, -0.25) is 4.90 Å². The molecular weight excluding hydrogens is 273 g/mol. The lowest BCUT2D eigenvalue weighted by Crippen LogP contribution is -2.37. The summed E-state index contributed by atoms with van der Waals surface area (Å²) in [6.45, 7) is 0.355. The summed E-state index contributed by atoms with van der Waals surface area (Å²) in [5.74, 6) is 0. The van der Waals surface area contributed by atoms with E-state index in [9.17, 15) is 13.2 Å². The highest BCUT2D eigenvalue weighted by molar-refractivity contribution is 7.98. The summed E-state index contributed by atoms with van der Waals surface area (Å²) in [6, 6.07) is 7.64. The molecule has 0 aliphatic carbocycles. The van der Waals surface area contributed by atoms with Gasteiger partial charge in [0.1, 0.15) is 0 Å². The minimum Gasteiger partial charge on any atom is -0.318 e. The van der Waals surface area contributed by atoms with Gasteiger partial charge in [0, 0.05) is 24.5 Å². The standard InChI is InChI=1S/C13H19F3N2S/c1-17-7-8-18(10-13(14,15)16)9-11-3-5-12(19-2)6-4-11/h3-6,17H,7-10H2,1-2H3. The van der Waals surface area contributed by atoms with E-state index in [1.165, 1.54) is 4.90 Å². The highest BCUT2D eigenvalue weighted by Crippen LogP contribution is 2.19. The van der Waals surface area contributed by atoms with Crippen molar-refractivity contribution in [2.75, 3.05) is 32.9 Å². The highest BCUT2D eigenvalue weighted by Gasteiger charge is 2.30. The third kappa shape index (κ3) is 6.84. The molecule has 6 heteroatoms. The van der Waals surface area contributed by atoms with E-state index < -0.39 is 12.7 Å². The quantitative estimate of drug-likeness (QED) is 0.778. The topological polar surface area (TPSA) is 15.3 Å². The van der Waals surface area contributed by atoms with E-state index in [2.05, 4.69) is 5.32 Å². The lowest BCUT2D eigenvalue weighted by atomic mass is 10.2. The van der Waals surface area contributed by atoms with Crippen molar-refractivity contribution in [2.45, 2.75) is 17.6 Å². The van der Waals surface area contributed by atoms with Crippen molar-refractivity contribution in [2.24, 2.45) is 0 Å². The summed E-state index contributed by atoms with van der Waals surface area (Å²) < 4.78 is 37.5. The van der Waals surface area contributed by atoms with Gasteiger partial charge in [-0.05, 0) is 31.0 Å². The Bertz CT molecular complexity index is 365. The number of hydrogen-bond acceptors (Lipinski definition) is 3. The zero-order chi connectivity index (χ0) is 14.3. The first-order chi connectivity index (χ1) is 8.94. The molecule has 0 heterocycles. The molecule has 0 spiro atoms. The van der Waals surface area contributed by atoms with E-state index in [1.807, 2.05) is 30.5 Å². The summed E-state index contributed by atoms with van der Waals surface area (Å²) in [5, 5.41) is 2.88. The first kappa shape index (κ1) is 16.3. The minimum absolute atomic E-state index is 0.315. The van der Waals surface area contributed by atoms with Crippen LogP contribution in [0.25, 0.3) is 0 Å². The van der Waals surface area contributed by atoms with Gasteiger partial charge in [0.15, 0.2) is 0 Å². The number of nitrogens with zero attached hydrogens (tertiary/aromatic N) is 1. The van der Waals surface area contributed by atoms with Crippen molar-refractivity contribution in [3.8, 4) is 0 Å². The number of alkyl halides is 3. The van der Waals surface area contributed by atoms with E-state index in [1.54, 1.807) is 18.8 Å². The summed E-state index contributed by atoms with van der Waals surface area (Å²) in [5.41, 5.74) is 0.901. The maximum atomic E-state index is 12.5. The predicted octanol–water partition coefficient (Wildman–Crippen LogP) is 2.99.